The van der Waals surface area contributed by atoms with Crippen LogP contribution in [-0.4, -0.2) is 11.0 Å². The zero-order chi connectivity index (χ0) is 12.7. The summed E-state index contributed by atoms with van der Waals surface area (Å²) >= 11 is 0. The number of para-hydroxylation sites is 1. The quantitative estimate of drug-likeness (QED) is 0.904. The van der Waals surface area contributed by atoms with E-state index in [0.717, 1.165) is 29.9 Å². The van der Waals surface area contributed by atoms with E-state index in [0.29, 0.717) is 0 Å². The van der Waals surface area contributed by atoms with E-state index in [9.17, 15) is 0 Å². The molecule has 2 aliphatic carbocycles. The maximum atomic E-state index is 4.43. The summed E-state index contributed by atoms with van der Waals surface area (Å²) in [6, 6.07) is 11.3. The van der Waals surface area contributed by atoms with Crippen molar-refractivity contribution < 1.29 is 0 Å². The lowest BCUT2D eigenvalue weighted by Crippen LogP contribution is -2.33. The molecule has 3 unspecified atom stereocenters. The Balaban J connectivity index is 1.52. The third-order valence-electron chi connectivity index (χ3n) is 5.03. The molecule has 2 bridgehead atoms. The number of pyridine rings is 1. The fourth-order valence-electron chi connectivity index (χ4n) is 4.05. The lowest BCUT2D eigenvalue weighted by molar-refractivity contribution is 0.351. The third-order valence-corrected chi connectivity index (χ3v) is 5.03. The first-order valence-electron chi connectivity index (χ1n) is 7.46. The molecule has 4 rings (SSSR count). The van der Waals surface area contributed by atoms with Crippen LogP contribution < -0.4 is 5.32 Å². The van der Waals surface area contributed by atoms with Crippen LogP contribution in [0.15, 0.2) is 36.5 Å². The van der Waals surface area contributed by atoms with Crippen LogP contribution in [0, 0.1) is 11.8 Å². The minimum Gasteiger partial charge on any atom is -0.310 e. The molecule has 2 aliphatic rings. The van der Waals surface area contributed by atoms with Crippen molar-refractivity contribution in [3.63, 3.8) is 0 Å². The Labute approximate surface area is 114 Å². The highest BCUT2D eigenvalue weighted by molar-refractivity contribution is 5.81. The molecule has 2 heteroatoms. The molecule has 0 saturated heterocycles. The van der Waals surface area contributed by atoms with Crippen LogP contribution >= 0.6 is 0 Å². The maximum absolute atomic E-state index is 4.43. The van der Waals surface area contributed by atoms with Gasteiger partial charge in [-0.2, -0.15) is 0 Å². The fourth-order valence-corrected chi connectivity index (χ4v) is 4.05. The van der Waals surface area contributed by atoms with Gasteiger partial charge in [0.15, 0.2) is 0 Å². The van der Waals surface area contributed by atoms with Gasteiger partial charge in [0.05, 0.1) is 5.52 Å². The van der Waals surface area contributed by atoms with Gasteiger partial charge in [-0.1, -0.05) is 24.6 Å². The Hall–Kier alpha value is -1.41. The van der Waals surface area contributed by atoms with Gasteiger partial charge in [-0.05, 0) is 48.8 Å². The van der Waals surface area contributed by atoms with E-state index in [1.165, 1.54) is 36.6 Å². The van der Waals surface area contributed by atoms with Crippen molar-refractivity contribution in [3.05, 3.63) is 42.1 Å². The number of nitrogens with zero attached hydrogens (tertiary/aromatic N) is 1. The highest BCUT2D eigenvalue weighted by atomic mass is 14.9. The van der Waals surface area contributed by atoms with E-state index < -0.39 is 0 Å². The number of hydrogen-bond acceptors (Lipinski definition) is 2. The molecule has 2 saturated carbocycles. The average molecular weight is 252 g/mol. The van der Waals surface area contributed by atoms with Crippen LogP contribution in [-0.2, 0) is 6.54 Å². The van der Waals surface area contributed by atoms with E-state index in [2.05, 4.69) is 40.6 Å². The van der Waals surface area contributed by atoms with Crippen molar-refractivity contribution in [1.29, 1.82) is 0 Å². The molecule has 1 N–H and O–H groups in total. The molecular formula is C17H20N2. The monoisotopic (exact) mass is 252 g/mol. The Bertz CT molecular complexity index is 587. The van der Waals surface area contributed by atoms with Crippen molar-refractivity contribution in [2.75, 3.05) is 0 Å². The molecule has 98 valence electrons. The van der Waals surface area contributed by atoms with Gasteiger partial charge in [0.2, 0.25) is 0 Å². The number of aromatic nitrogens is 1. The van der Waals surface area contributed by atoms with E-state index in [1.54, 1.807) is 0 Å². The molecule has 0 aliphatic heterocycles. The molecule has 0 spiro atoms. The Kier molecular flexibility index (Phi) is 2.77. The molecule has 1 aromatic carbocycles. The smallest absolute Gasteiger partial charge is 0.0705 e. The van der Waals surface area contributed by atoms with E-state index in [4.69, 9.17) is 0 Å². The first kappa shape index (κ1) is 11.4. The largest absolute Gasteiger partial charge is 0.310 e. The van der Waals surface area contributed by atoms with Gasteiger partial charge < -0.3 is 5.32 Å². The summed E-state index contributed by atoms with van der Waals surface area (Å²) in [6.45, 7) is 0.983. The third kappa shape index (κ3) is 2.04. The van der Waals surface area contributed by atoms with Gasteiger partial charge in [-0.15, -0.1) is 0 Å². The molecule has 19 heavy (non-hydrogen) atoms. The van der Waals surface area contributed by atoms with Gasteiger partial charge in [0.1, 0.15) is 0 Å². The van der Waals surface area contributed by atoms with Gasteiger partial charge in [-0.3, -0.25) is 4.98 Å². The molecular weight excluding hydrogens is 232 g/mol. The zero-order valence-electron chi connectivity index (χ0n) is 11.2. The molecule has 2 fully saturated rings. The van der Waals surface area contributed by atoms with Crippen LogP contribution in [0.4, 0.5) is 0 Å². The number of benzene rings is 1. The second-order valence-electron chi connectivity index (χ2n) is 6.15. The topological polar surface area (TPSA) is 24.9 Å². The van der Waals surface area contributed by atoms with Crippen LogP contribution in [0.3, 0.4) is 0 Å². The van der Waals surface area contributed by atoms with Crippen molar-refractivity contribution in [2.24, 2.45) is 11.8 Å². The standard InChI is InChI=1S/C17H20N2/c1-2-4-16-15(3-1)14(7-8-18-16)11-19-17-10-12-5-6-13(17)9-12/h1-4,7-8,12-13,17,19H,5-6,9-11H2. The molecule has 3 atom stereocenters. The molecule has 2 nitrogen and oxygen atoms in total. The van der Waals surface area contributed by atoms with Crippen LogP contribution in [0.25, 0.3) is 10.9 Å². The Morgan fingerprint density at radius 1 is 1.11 bits per heavy atom. The normalized spacial score (nSPS) is 29.2. The lowest BCUT2D eigenvalue weighted by Gasteiger charge is -2.23. The average Bonchev–Trinajstić information content (AvgIpc) is 3.07. The summed E-state index contributed by atoms with van der Waals surface area (Å²) < 4.78 is 0. The number of hydrogen-bond donors (Lipinski definition) is 1. The van der Waals surface area contributed by atoms with Crippen LogP contribution in [0.1, 0.15) is 31.2 Å². The molecule has 1 aromatic heterocycles. The van der Waals surface area contributed by atoms with E-state index in [1.807, 2.05) is 6.20 Å². The summed E-state index contributed by atoms with van der Waals surface area (Å²) in [4.78, 5) is 4.43. The lowest BCUT2D eigenvalue weighted by atomic mass is 9.95. The van der Waals surface area contributed by atoms with Crippen molar-refractivity contribution in [1.82, 2.24) is 10.3 Å². The predicted molar refractivity (Wildman–Crippen MR) is 77.8 cm³/mol. The van der Waals surface area contributed by atoms with E-state index >= 15 is 0 Å². The highest BCUT2D eigenvalue weighted by Gasteiger charge is 2.38. The Morgan fingerprint density at radius 3 is 2.89 bits per heavy atom. The number of rotatable bonds is 3. The SMILES string of the molecule is c1ccc2c(CNC3CC4CCC3C4)ccnc2c1. The first-order valence-corrected chi connectivity index (χ1v) is 7.46. The summed E-state index contributed by atoms with van der Waals surface area (Å²) in [6.07, 6.45) is 7.71. The van der Waals surface area contributed by atoms with Gasteiger partial charge in [0.25, 0.3) is 0 Å². The number of fused-ring (bicyclic) bond motifs is 3. The summed E-state index contributed by atoms with van der Waals surface area (Å²) in [5.74, 6) is 1.95. The summed E-state index contributed by atoms with van der Waals surface area (Å²) in [5.41, 5.74) is 2.49. The maximum Gasteiger partial charge on any atom is 0.0705 e. The molecule has 0 radical (unpaired) electrons. The van der Waals surface area contributed by atoms with Crippen molar-refractivity contribution >= 4 is 10.9 Å². The fraction of sp³-hybridized carbons (Fsp3) is 0.471. The van der Waals surface area contributed by atoms with Crippen molar-refractivity contribution in [2.45, 2.75) is 38.3 Å². The molecule has 0 amide bonds. The minimum absolute atomic E-state index is 0.755. The van der Waals surface area contributed by atoms with Gasteiger partial charge in [0, 0.05) is 24.2 Å². The zero-order valence-corrected chi connectivity index (χ0v) is 11.2. The van der Waals surface area contributed by atoms with Crippen LogP contribution in [0.5, 0.6) is 0 Å². The minimum atomic E-state index is 0.755. The van der Waals surface area contributed by atoms with Crippen molar-refractivity contribution in [3.8, 4) is 0 Å². The first-order chi connectivity index (χ1) is 9.40. The van der Waals surface area contributed by atoms with Gasteiger partial charge in [-0.25, -0.2) is 0 Å². The summed E-state index contributed by atoms with van der Waals surface area (Å²) in [5, 5.41) is 5.09. The molecule has 1 heterocycles. The predicted octanol–water partition coefficient (Wildman–Crippen LogP) is 3.51. The second kappa shape index (κ2) is 4.61. The summed E-state index contributed by atoms with van der Waals surface area (Å²) in [7, 11) is 0. The molecule has 2 aromatic rings. The van der Waals surface area contributed by atoms with Gasteiger partial charge >= 0.3 is 0 Å². The highest BCUT2D eigenvalue weighted by Crippen LogP contribution is 2.44. The van der Waals surface area contributed by atoms with E-state index in [-0.39, 0.29) is 0 Å². The second-order valence-corrected chi connectivity index (χ2v) is 6.15. The van der Waals surface area contributed by atoms with Crippen LogP contribution in [0.2, 0.25) is 0 Å². The Morgan fingerprint density at radius 2 is 2.05 bits per heavy atom. The number of nitrogens with one attached hydrogen (secondary N) is 1.